The lowest BCUT2D eigenvalue weighted by atomic mass is 9.99. The number of aryl methyl sites for hydroxylation is 1. The Morgan fingerprint density at radius 3 is 2.83 bits per heavy atom. The number of aromatic nitrogens is 4. The highest BCUT2D eigenvalue weighted by atomic mass is 19.1. The predicted molar refractivity (Wildman–Crippen MR) is 136 cm³/mol. The van der Waals surface area contributed by atoms with Crippen LogP contribution in [0.25, 0.3) is 16.7 Å². The van der Waals surface area contributed by atoms with E-state index in [1.807, 2.05) is 6.07 Å². The van der Waals surface area contributed by atoms with Gasteiger partial charge in [-0.2, -0.15) is 0 Å². The number of nitrogens with zero attached hydrogens (tertiary/aromatic N) is 5. The summed E-state index contributed by atoms with van der Waals surface area (Å²) in [5.74, 6) is -0.233. The minimum Gasteiger partial charge on any atom is -0.366 e. The van der Waals surface area contributed by atoms with Crippen molar-refractivity contribution in [2.75, 3.05) is 23.3 Å². The molecule has 0 spiro atoms. The normalized spacial score (nSPS) is 17.7. The van der Waals surface area contributed by atoms with Crippen molar-refractivity contribution in [1.82, 2.24) is 19.4 Å². The fourth-order valence-electron chi connectivity index (χ4n) is 4.76. The SMILES string of the molecule is CC[C@H]1/C=C\CN(c2ccc(C(=O)Nc3cc(F)c4nc(C)cn4c3)c3nccnc23)CCCC1. The molecule has 0 unspecified atom stereocenters. The maximum atomic E-state index is 14.5. The zero-order valence-corrected chi connectivity index (χ0v) is 20.0. The second-order valence-corrected chi connectivity index (χ2v) is 9.07. The van der Waals surface area contributed by atoms with Crippen molar-refractivity contribution in [2.45, 2.75) is 39.5 Å². The van der Waals surface area contributed by atoms with Gasteiger partial charge in [0.05, 0.1) is 22.6 Å². The molecule has 1 amide bonds. The van der Waals surface area contributed by atoms with Crippen molar-refractivity contribution < 1.29 is 9.18 Å². The van der Waals surface area contributed by atoms with Crippen molar-refractivity contribution in [1.29, 1.82) is 0 Å². The van der Waals surface area contributed by atoms with Crippen LogP contribution in [0.3, 0.4) is 0 Å². The Balaban J connectivity index is 1.46. The Hall–Kier alpha value is -3.81. The van der Waals surface area contributed by atoms with Gasteiger partial charge in [0.2, 0.25) is 0 Å². The van der Waals surface area contributed by atoms with Gasteiger partial charge in [0.15, 0.2) is 11.5 Å². The first-order valence-corrected chi connectivity index (χ1v) is 12.1. The third kappa shape index (κ3) is 4.73. The van der Waals surface area contributed by atoms with E-state index in [4.69, 9.17) is 0 Å². The van der Waals surface area contributed by atoms with Gasteiger partial charge >= 0.3 is 0 Å². The summed E-state index contributed by atoms with van der Waals surface area (Å²) in [6.07, 6.45) is 15.8. The number of imidazole rings is 1. The summed E-state index contributed by atoms with van der Waals surface area (Å²) in [4.78, 5) is 28.8. The Bertz CT molecular complexity index is 1410. The Labute approximate surface area is 203 Å². The molecule has 0 bridgehead atoms. The highest BCUT2D eigenvalue weighted by molar-refractivity contribution is 6.13. The number of pyridine rings is 1. The second-order valence-electron chi connectivity index (χ2n) is 9.07. The number of halogens is 1. The number of allylic oxidation sites excluding steroid dienone is 1. The first kappa shape index (κ1) is 23.0. The van der Waals surface area contributed by atoms with Crippen molar-refractivity contribution in [3.8, 4) is 0 Å². The molecule has 3 aromatic heterocycles. The molecule has 7 nitrogen and oxygen atoms in total. The van der Waals surface area contributed by atoms with Crippen LogP contribution in [0.5, 0.6) is 0 Å². The van der Waals surface area contributed by atoms with Gasteiger partial charge in [-0.05, 0) is 44.2 Å². The molecule has 5 rings (SSSR count). The van der Waals surface area contributed by atoms with Crippen molar-refractivity contribution in [3.05, 3.63) is 72.2 Å². The van der Waals surface area contributed by atoms with E-state index in [9.17, 15) is 9.18 Å². The minimum absolute atomic E-state index is 0.226. The average Bonchev–Trinajstić information content (AvgIpc) is 3.28. The molecule has 35 heavy (non-hydrogen) atoms. The highest BCUT2D eigenvalue weighted by Gasteiger charge is 2.19. The maximum Gasteiger partial charge on any atom is 0.257 e. The largest absolute Gasteiger partial charge is 0.366 e. The fraction of sp³-hybridized carbons (Fsp3) is 0.333. The molecular weight excluding hydrogens is 443 g/mol. The lowest BCUT2D eigenvalue weighted by Gasteiger charge is -2.24. The number of nitrogens with one attached hydrogen (secondary N) is 1. The van der Waals surface area contributed by atoms with Crippen LogP contribution >= 0.6 is 0 Å². The second kappa shape index (κ2) is 9.82. The summed E-state index contributed by atoms with van der Waals surface area (Å²) in [5, 5.41) is 2.81. The summed E-state index contributed by atoms with van der Waals surface area (Å²) < 4.78 is 16.1. The van der Waals surface area contributed by atoms with Crippen LogP contribution in [0.1, 0.15) is 48.7 Å². The number of amides is 1. The Morgan fingerprint density at radius 1 is 1.17 bits per heavy atom. The molecule has 4 aromatic rings. The Kier molecular flexibility index (Phi) is 6.44. The van der Waals surface area contributed by atoms with Crippen LogP contribution in [0.15, 0.2) is 55.1 Å². The molecule has 1 aromatic carbocycles. The number of hydrogen-bond acceptors (Lipinski definition) is 5. The molecule has 0 aliphatic carbocycles. The lowest BCUT2D eigenvalue weighted by Crippen LogP contribution is -2.25. The van der Waals surface area contributed by atoms with Gasteiger partial charge in [0, 0.05) is 43.9 Å². The fourth-order valence-corrected chi connectivity index (χ4v) is 4.76. The molecule has 4 heterocycles. The summed E-state index contributed by atoms with van der Waals surface area (Å²) in [5.41, 5.74) is 3.84. The number of hydrogen-bond donors (Lipinski definition) is 1. The highest BCUT2D eigenvalue weighted by Crippen LogP contribution is 2.29. The van der Waals surface area contributed by atoms with Crippen molar-refractivity contribution in [2.24, 2.45) is 5.92 Å². The molecule has 1 aliphatic rings. The van der Waals surface area contributed by atoms with E-state index in [0.29, 0.717) is 33.9 Å². The number of carbonyl (C=O) groups excluding carboxylic acids is 1. The lowest BCUT2D eigenvalue weighted by molar-refractivity contribution is 0.102. The first-order chi connectivity index (χ1) is 17.0. The van der Waals surface area contributed by atoms with Crippen LogP contribution < -0.4 is 10.2 Å². The van der Waals surface area contributed by atoms with Crippen LogP contribution in [0.4, 0.5) is 15.8 Å². The van der Waals surface area contributed by atoms with Gasteiger partial charge in [-0.3, -0.25) is 14.8 Å². The van der Waals surface area contributed by atoms with E-state index in [1.54, 1.807) is 42.2 Å². The van der Waals surface area contributed by atoms with E-state index < -0.39 is 5.82 Å². The predicted octanol–water partition coefficient (Wildman–Crippen LogP) is 5.55. The number of fused-ring (bicyclic) bond motifs is 2. The monoisotopic (exact) mass is 472 g/mol. The van der Waals surface area contributed by atoms with Crippen molar-refractivity contribution in [3.63, 3.8) is 0 Å². The van der Waals surface area contributed by atoms with Crippen LogP contribution in [-0.4, -0.2) is 38.3 Å². The summed E-state index contributed by atoms with van der Waals surface area (Å²) in [6, 6.07) is 5.00. The average molecular weight is 473 g/mol. The van der Waals surface area contributed by atoms with Gasteiger partial charge in [0.25, 0.3) is 5.91 Å². The maximum absolute atomic E-state index is 14.5. The van der Waals surface area contributed by atoms with E-state index in [0.717, 1.165) is 31.6 Å². The molecule has 1 atom stereocenters. The molecule has 0 saturated carbocycles. The summed E-state index contributed by atoms with van der Waals surface area (Å²) in [7, 11) is 0. The Morgan fingerprint density at radius 2 is 2.00 bits per heavy atom. The third-order valence-corrected chi connectivity index (χ3v) is 6.59. The molecular formula is C27H29FN6O. The standard InChI is InChI=1S/C27H29FN6O/c1-3-19-7-4-5-13-33(14-6-8-19)23-10-9-21(24-25(23)30-12-11-29-24)27(35)32-20-15-22(28)26-31-18(2)16-34(26)17-20/h6,8-12,15-17,19H,3-5,7,13-14H2,1-2H3,(H,32,35)/b8-6-/t19-/m1/s1. The van der Waals surface area contributed by atoms with E-state index in [-0.39, 0.29) is 11.6 Å². The van der Waals surface area contributed by atoms with Gasteiger partial charge in [-0.15, -0.1) is 0 Å². The van der Waals surface area contributed by atoms with E-state index in [1.165, 1.54) is 18.9 Å². The zero-order chi connectivity index (χ0) is 24.4. The van der Waals surface area contributed by atoms with E-state index >= 15 is 0 Å². The molecule has 0 saturated heterocycles. The van der Waals surface area contributed by atoms with Gasteiger partial charge < -0.3 is 14.6 Å². The summed E-state index contributed by atoms with van der Waals surface area (Å²) >= 11 is 0. The summed E-state index contributed by atoms with van der Waals surface area (Å²) in [6.45, 7) is 5.74. The zero-order valence-electron chi connectivity index (χ0n) is 20.0. The number of carbonyl (C=O) groups is 1. The molecule has 8 heteroatoms. The quantitative estimate of drug-likeness (QED) is 0.394. The third-order valence-electron chi connectivity index (χ3n) is 6.59. The molecule has 0 radical (unpaired) electrons. The number of benzene rings is 1. The smallest absolute Gasteiger partial charge is 0.257 e. The topological polar surface area (TPSA) is 75.4 Å². The van der Waals surface area contributed by atoms with Gasteiger partial charge in [-0.25, -0.2) is 9.37 Å². The molecule has 0 fully saturated rings. The van der Waals surface area contributed by atoms with Crippen LogP contribution in [0.2, 0.25) is 0 Å². The van der Waals surface area contributed by atoms with Crippen LogP contribution in [-0.2, 0) is 0 Å². The minimum atomic E-state index is -0.498. The molecule has 1 N–H and O–H groups in total. The molecule has 180 valence electrons. The molecule has 1 aliphatic heterocycles. The van der Waals surface area contributed by atoms with Gasteiger partial charge in [-0.1, -0.05) is 25.5 Å². The van der Waals surface area contributed by atoms with Gasteiger partial charge in [0.1, 0.15) is 11.0 Å². The first-order valence-electron chi connectivity index (χ1n) is 12.1. The number of anilines is 2. The van der Waals surface area contributed by atoms with E-state index in [2.05, 4.69) is 44.2 Å². The van der Waals surface area contributed by atoms with Crippen molar-refractivity contribution >= 4 is 34.0 Å². The number of rotatable bonds is 4. The van der Waals surface area contributed by atoms with Crippen LogP contribution in [0, 0.1) is 18.7 Å².